The van der Waals surface area contributed by atoms with Gasteiger partial charge >= 0.3 is 6.18 Å². The number of rotatable bonds is 4. The molecule has 0 bridgehead atoms. The molecule has 96 valence electrons. The molecule has 17 heavy (non-hydrogen) atoms. The summed E-state index contributed by atoms with van der Waals surface area (Å²) in [5.74, 6) is -0.679. The first-order chi connectivity index (χ1) is 7.84. The summed E-state index contributed by atoms with van der Waals surface area (Å²) >= 11 is 0. The summed E-state index contributed by atoms with van der Waals surface area (Å²) in [6.07, 6.45) is -4.00. The van der Waals surface area contributed by atoms with Crippen LogP contribution >= 0.6 is 0 Å². The highest BCUT2D eigenvalue weighted by Crippen LogP contribution is 2.34. The molecule has 0 heterocycles. The Kier molecular flexibility index (Phi) is 4.43. The average Bonchev–Trinajstić information content (AvgIpc) is 2.27. The quantitative estimate of drug-likeness (QED) is 0.765. The molecule has 2 atom stereocenters. The van der Waals surface area contributed by atoms with E-state index in [4.69, 9.17) is 4.74 Å². The smallest absolute Gasteiger partial charge is 0.391 e. The van der Waals surface area contributed by atoms with Crippen LogP contribution < -0.4 is 4.74 Å². The van der Waals surface area contributed by atoms with Crippen molar-refractivity contribution in [2.24, 2.45) is 5.92 Å². The largest absolute Gasteiger partial charge is 0.497 e. The van der Waals surface area contributed by atoms with Gasteiger partial charge in [-0.05, 0) is 30.0 Å². The molecule has 0 radical (unpaired) electrons. The first-order valence-electron chi connectivity index (χ1n) is 5.55. The van der Waals surface area contributed by atoms with E-state index in [1.165, 1.54) is 6.92 Å². The third-order valence-corrected chi connectivity index (χ3v) is 2.95. The molecule has 0 aliphatic carbocycles. The second-order valence-corrected chi connectivity index (χ2v) is 4.35. The maximum atomic E-state index is 12.4. The standard InChI is InChI=1S/C13H17F3O/c1-9(8-10(2)13(14,15)16)11-4-6-12(17-3)7-5-11/h4-7,9-10H,8H2,1-3H3. The molecule has 2 unspecified atom stereocenters. The third kappa shape index (κ3) is 3.95. The summed E-state index contributed by atoms with van der Waals surface area (Å²) < 4.78 is 42.3. The van der Waals surface area contributed by atoms with Crippen LogP contribution in [0.2, 0.25) is 0 Å². The Morgan fingerprint density at radius 3 is 2.06 bits per heavy atom. The summed E-state index contributed by atoms with van der Waals surface area (Å²) in [5, 5.41) is 0. The lowest BCUT2D eigenvalue weighted by Crippen LogP contribution is -2.21. The van der Waals surface area contributed by atoms with Crippen LogP contribution in [0.4, 0.5) is 13.2 Å². The highest BCUT2D eigenvalue weighted by molar-refractivity contribution is 5.29. The van der Waals surface area contributed by atoms with E-state index >= 15 is 0 Å². The minimum Gasteiger partial charge on any atom is -0.497 e. The van der Waals surface area contributed by atoms with Crippen molar-refractivity contribution in [3.05, 3.63) is 29.8 Å². The summed E-state index contributed by atoms with van der Waals surface area (Å²) in [7, 11) is 1.56. The number of methoxy groups -OCH3 is 1. The van der Waals surface area contributed by atoms with Crippen LogP contribution in [0.3, 0.4) is 0 Å². The van der Waals surface area contributed by atoms with Gasteiger partial charge in [0.05, 0.1) is 13.0 Å². The molecular weight excluding hydrogens is 229 g/mol. The number of hydrogen-bond donors (Lipinski definition) is 0. The zero-order valence-corrected chi connectivity index (χ0v) is 10.2. The van der Waals surface area contributed by atoms with Gasteiger partial charge in [0.15, 0.2) is 0 Å². The average molecular weight is 246 g/mol. The lowest BCUT2D eigenvalue weighted by atomic mass is 9.91. The lowest BCUT2D eigenvalue weighted by Gasteiger charge is -2.20. The molecule has 0 saturated heterocycles. The molecule has 0 spiro atoms. The predicted octanol–water partition coefficient (Wildman–Crippen LogP) is 4.39. The summed E-state index contributed by atoms with van der Waals surface area (Å²) in [4.78, 5) is 0. The summed E-state index contributed by atoms with van der Waals surface area (Å²) in [6.45, 7) is 3.03. The van der Waals surface area contributed by atoms with E-state index in [2.05, 4.69) is 0 Å². The molecule has 0 fully saturated rings. The SMILES string of the molecule is COc1ccc(C(C)CC(C)C(F)(F)F)cc1. The zero-order valence-electron chi connectivity index (χ0n) is 10.2. The van der Waals surface area contributed by atoms with Crippen molar-refractivity contribution in [1.82, 2.24) is 0 Å². The highest BCUT2D eigenvalue weighted by Gasteiger charge is 2.36. The molecule has 1 aromatic rings. The van der Waals surface area contributed by atoms with Crippen LogP contribution in [0.15, 0.2) is 24.3 Å². The maximum Gasteiger partial charge on any atom is 0.391 e. The molecule has 0 aliphatic heterocycles. The third-order valence-electron chi connectivity index (χ3n) is 2.95. The second-order valence-electron chi connectivity index (χ2n) is 4.35. The molecule has 0 saturated carbocycles. The van der Waals surface area contributed by atoms with Gasteiger partial charge < -0.3 is 4.74 Å². The summed E-state index contributed by atoms with van der Waals surface area (Å²) in [5.41, 5.74) is 0.905. The molecule has 1 rings (SSSR count). The molecule has 0 aromatic heterocycles. The molecule has 1 aromatic carbocycles. The topological polar surface area (TPSA) is 9.23 Å². The van der Waals surface area contributed by atoms with Crippen molar-refractivity contribution in [3.63, 3.8) is 0 Å². The Hall–Kier alpha value is -1.19. The van der Waals surface area contributed by atoms with Crippen LogP contribution in [0.25, 0.3) is 0 Å². The molecule has 4 heteroatoms. The highest BCUT2D eigenvalue weighted by atomic mass is 19.4. The normalized spacial score (nSPS) is 15.4. The number of benzene rings is 1. The Morgan fingerprint density at radius 2 is 1.65 bits per heavy atom. The molecule has 1 nitrogen and oxygen atoms in total. The van der Waals surface area contributed by atoms with Gasteiger partial charge in [0.2, 0.25) is 0 Å². The molecule has 0 amide bonds. The number of hydrogen-bond acceptors (Lipinski definition) is 1. The Morgan fingerprint density at radius 1 is 1.12 bits per heavy atom. The predicted molar refractivity (Wildman–Crippen MR) is 61.2 cm³/mol. The fourth-order valence-electron chi connectivity index (χ4n) is 1.73. The van der Waals surface area contributed by atoms with Crippen LogP contribution in [-0.2, 0) is 0 Å². The summed E-state index contributed by atoms with van der Waals surface area (Å²) in [6, 6.07) is 7.16. The number of halogens is 3. The molecule has 0 aliphatic rings. The van der Waals surface area contributed by atoms with Crippen LogP contribution in [-0.4, -0.2) is 13.3 Å². The minimum atomic E-state index is -4.11. The monoisotopic (exact) mass is 246 g/mol. The number of alkyl halides is 3. The van der Waals surface area contributed by atoms with E-state index < -0.39 is 12.1 Å². The fraction of sp³-hybridized carbons (Fsp3) is 0.538. The van der Waals surface area contributed by atoms with Crippen molar-refractivity contribution < 1.29 is 17.9 Å². The fourth-order valence-corrected chi connectivity index (χ4v) is 1.73. The van der Waals surface area contributed by atoms with Gasteiger partial charge in [0, 0.05) is 0 Å². The van der Waals surface area contributed by atoms with Crippen molar-refractivity contribution in [2.75, 3.05) is 7.11 Å². The van der Waals surface area contributed by atoms with Crippen molar-refractivity contribution >= 4 is 0 Å². The first-order valence-corrected chi connectivity index (χ1v) is 5.55. The van der Waals surface area contributed by atoms with Crippen molar-refractivity contribution in [1.29, 1.82) is 0 Å². The first kappa shape index (κ1) is 13.9. The van der Waals surface area contributed by atoms with Gasteiger partial charge in [-0.2, -0.15) is 13.2 Å². The molecular formula is C13H17F3O. The van der Waals surface area contributed by atoms with E-state index in [9.17, 15) is 13.2 Å². The van der Waals surface area contributed by atoms with Gasteiger partial charge in [-0.15, -0.1) is 0 Å². The van der Waals surface area contributed by atoms with Crippen LogP contribution in [0.1, 0.15) is 31.7 Å². The Bertz CT molecular complexity index is 343. The van der Waals surface area contributed by atoms with Gasteiger partial charge in [-0.3, -0.25) is 0 Å². The van der Waals surface area contributed by atoms with Gasteiger partial charge in [-0.25, -0.2) is 0 Å². The van der Waals surface area contributed by atoms with Crippen LogP contribution in [0, 0.1) is 5.92 Å². The van der Waals surface area contributed by atoms with Gasteiger partial charge in [0.1, 0.15) is 5.75 Å². The Balaban J connectivity index is 2.66. The van der Waals surface area contributed by atoms with Crippen molar-refractivity contribution in [2.45, 2.75) is 32.4 Å². The lowest BCUT2D eigenvalue weighted by molar-refractivity contribution is -0.172. The van der Waals surface area contributed by atoms with Crippen molar-refractivity contribution in [3.8, 4) is 5.75 Å². The zero-order chi connectivity index (χ0) is 13.1. The van der Waals surface area contributed by atoms with Gasteiger partial charge in [0.25, 0.3) is 0 Å². The minimum absolute atomic E-state index is 0.107. The van der Waals surface area contributed by atoms with E-state index in [0.29, 0.717) is 5.75 Å². The second kappa shape index (κ2) is 5.43. The van der Waals surface area contributed by atoms with Gasteiger partial charge in [-0.1, -0.05) is 26.0 Å². The van der Waals surface area contributed by atoms with E-state index in [0.717, 1.165) is 5.56 Å². The molecule has 0 N–H and O–H groups in total. The maximum absolute atomic E-state index is 12.4. The van der Waals surface area contributed by atoms with E-state index in [1.807, 2.05) is 19.1 Å². The number of ether oxygens (including phenoxy) is 1. The van der Waals surface area contributed by atoms with E-state index in [1.54, 1.807) is 19.2 Å². The van der Waals surface area contributed by atoms with Crippen LogP contribution in [0.5, 0.6) is 5.75 Å². The van der Waals surface area contributed by atoms with E-state index in [-0.39, 0.29) is 12.3 Å². The Labute approximate surface area is 99.6 Å².